The van der Waals surface area contributed by atoms with Crippen molar-refractivity contribution >= 4 is 11.6 Å². The number of rotatable bonds is 5. The van der Waals surface area contributed by atoms with Crippen LogP contribution in [0.3, 0.4) is 0 Å². The number of piperidine rings is 1. The van der Waals surface area contributed by atoms with Crippen molar-refractivity contribution in [2.75, 3.05) is 25.0 Å². The van der Waals surface area contributed by atoms with E-state index in [0.717, 1.165) is 44.0 Å². The molecule has 1 aliphatic heterocycles. The normalized spacial score (nSPS) is 22.3. The Balaban J connectivity index is 1.87. The van der Waals surface area contributed by atoms with Gasteiger partial charge < -0.3 is 15.4 Å². The maximum Gasteiger partial charge on any atom is 0.228 e. The van der Waals surface area contributed by atoms with E-state index in [-0.39, 0.29) is 11.8 Å². The van der Waals surface area contributed by atoms with Crippen LogP contribution in [0.15, 0.2) is 24.3 Å². The molecule has 0 bridgehead atoms. The molecule has 2 N–H and O–H groups in total. The molecule has 0 radical (unpaired) electrons. The first-order chi connectivity index (χ1) is 9.69. The molecule has 2 rings (SSSR count). The molecule has 1 fully saturated rings. The number of hydrogen-bond acceptors (Lipinski definition) is 3. The summed E-state index contributed by atoms with van der Waals surface area (Å²) >= 11 is 0. The van der Waals surface area contributed by atoms with Gasteiger partial charge in [0.25, 0.3) is 0 Å². The molecule has 4 nitrogen and oxygen atoms in total. The Morgan fingerprint density at radius 3 is 2.75 bits per heavy atom. The van der Waals surface area contributed by atoms with Crippen LogP contribution < -0.4 is 15.4 Å². The molecule has 1 saturated heterocycles. The smallest absolute Gasteiger partial charge is 0.228 e. The van der Waals surface area contributed by atoms with Gasteiger partial charge in [-0.15, -0.1) is 0 Å². The van der Waals surface area contributed by atoms with E-state index in [1.807, 2.05) is 24.3 Å². The summed E-state index contributed by atoms with van der Waals surface area (Å²) in [4.78, 5) is 12.2. The summed E-state index contributed by atoms with van der Waals surface area (Å²) in [5.41, 5.74) is 0.831. The second kappa shape index (κ2) is 7.29. The third kappa shape index (κ3) is 4.23. The lowest BCUT2D eigenvalue weighted by Crippen LogP contribution is -2.40. The summed E-state index contributed by atoms with van der Waals surface area (Å²) in [6.07, 6.45) is 1.95. The Bertz CT molecular complexity index is 431. The Morgan fingerprint density at radius 2 is 2.10 bits per heavy atom. The quantitative estimate of drug-likeness (QED) is 0.869. The highest BCUT2D eigenvalue weighted by Crippen LogP contribution is 2.20. The van der Waals surface area contributed by atoms with Gasteiger partial charge in [-0.2, -0.15) is 0 Å². The monoisotopic (exact) mass is 276 g/mol. The van der Waals surface area contributed by atoms with Crippen LogP contribution in [-0.2, 0) is 4.79 Å². The van der Waals surface area contributed by atoms with Crippen molar-refractivity contribution in [3.8, 4) is 5.75 Å². The molecule has 2 atom stereocenters. The number of hydrogen-bond donors (Lipinski definition) is 2. The van der Waals surface area contributed by atoms with Gasteiger partial charge >= 0.3 is 0 Å². The Kier molecular flexibility index (Phi) is 5.41. The molecule has 2 unspecified atom stereocenters. The average Bonchev–Trinajstić information content (AvgIpc) is 2.46. The highest BCUT2D eigenvalue weighted by Gasteiger charge is 2.24. The molecule has 1 aliphatic rings. The summed E-state index contributed by atoms with van der Waals surface area (Å²) in [6, 6.07) is 7.57. The molecule has 1 aromatic rings. The predicted octanol–water partition coefficient (Wildman–Crippen LogP) is 2.66. The van der Waals surface area contributed by atoms with Gasteiger partial charge in [0.2, 0.25) is 5.91 Å². The molecule has 4 heteroatoms. The van der Waals surface area contributed by atoms with Crippen LogP contribution in [0.25, 0.3) is 0 Å². The maximum atomic E-state index is 12.2. The van der Waals surface area contributed by atoms with Gasteiger partial charge in [0.1, 0.15) is 5.75 Å². The minimum Gasteiger partial charge on any atom is -0.494 e. The molecule has 0 aromatic heterocycles. The molecular formula is C16H24N2O2. The van der Waals surface area contributed by atoms with Crippen LogP contribution in [-0.4, -0.2) is 25.6 Å². The average molecular weight is 276 g/mol. The Labute approximate surface area is 120 Å². The number of amides is 1. The fraction of sp³-hybridized carbons (Fsp3) is 0.562. The van der Waals surface area contributed by atoms with Crippen molar-refractivity contribution in [3.63, 3.8) is 0 Å². The number of ether oxygens (including phenoxy) is 1. The largest absolute Gasteiger partial charge is 0.494 e. The van der Waals surface area contributed by atoms with Crippen molar-refractivity contribution in [2.45, 2.75) is 26.7 Å². The second-order valence-electron chi connectivity index (χ2n) is 5.56. The van der Waals surface area contributed by atoms with E-state index in [9.17, 15) is 4.79 Å². The van der Waals surface area contributed by atoms with E-state index >= 15 is 0 Å². The van der Waals surface area contributed by atoms with Crippen LogP contribution in [0.2, 0.25) is 0 Å². The van der Waals surface area contributed by atoms with Crippen molar-refractivity contribution in [2.24, 2.45) is 11.8 Å². The third-order valence-electron chi connectivity index (χ3n) is 3.54. The van der Waals surface area contributed by atoms with Gasteiger partial charge in [0.15, 0.2) is 0 Å². The molecule has 1 heterocycles. The topological polar surface area (TPSA) is 50.4 Å². The maximum absolute atomic E-state index is 12.2. The summed E-state index contributed by atoms with van der Waals surface area (Å²) in [5.74, 6) is 1.57. The van der Waals surface area contributed by atoms with Crippen molar-refractivity contribution in [1.82, 2.24) is 5.32 Å². The van der Waals surface area contributed by atoms with Crippen LogP contribution in [0.4, 0.5) is 5.69 Å². The molecule has 0 spiro atoms. The van der Waals surface area contributed by atoms with Gasteiger partial charge in [-0.3, -0.25) is 4.79 Å². The van der Waals surface area contributed by atoms with Crippen LogP contribution in [0.5, 0.6) is 5.75 Å². The number of anilines is 1. The lowest BCUT2D eigenvalue weighted by Gasteiger charge is -2.26. The number of nitrogens with one attached hydrogen (secondary N) is 2. The lowest BCUT2D eigenvalue weighted by atomic mass is 9.91. The van der Waals surface area contributed by atoms with E-state index in [1.165, 1.54) is 0 Å². The van der Waals surface area contributed by atoms with Gasteiger partial charge in [-0.25, -0.2) is 0 Å². The first-order valence-electron chi connectivity index (χ1n) is 7.43. The summed E-state index contributed by atoms with van der Waals surface area (Å²) in [7, 11) is 0. The molecule has 0 saturated carbocycles. The number of carbonyl (C=O) groups is 1. The zero-order valence-corrected chi connectivity index (χ0v) is 12.3. The van der Waals surface area contributed by atoms with E-state index in [4.69, 9.17) is 4.74 Å². The van der Waals surface area contributed by atoms with E-state index in [2.05, 4.69) is 24.5 Å². The fourth-order valence-electron chi connectivity index (χ4n) is 2.45. The van der Waals surface area contributed by atoms with Gasteiger partial charge in [-0.1, -0.05) is 13.8 Å². The summed E-state index contributed by atoms with van der Waals surface area (Å²) in [5, 5.41) is 6.28. The molecule has 0 aliphatic carbocycles. The molecule has 1 amide bonds. The SMILES string of the molecule is CCCOc1ccc(NC(=O)C2CNCC(C)C2)cc1. The summed E-state index contributed by atoms with van der Waals surface area (Å²) < 4.78 is 5.52. The molecule has 110 valence electrons. The highest BCUT2D eigenvalue weighted by atomic mass is 16.5. The highest BCUT2D eigenvalue weighted by molar-refractivity contribution is 5.92. The van der Waals surface area contributed by atoms with Crippen molar-refractivity contribution in [3.05, 3.63) is 24.3 Å². The minimum atomic E-state index is 0.0646. The van der Waals surface area contributed by atoms with Crippen LogP contribution in [0.1, 0.15) is 26.7 Å². The van der Waals surface area contributed by atoms with E-state index < -0.39 is 0 Å². The van der Waals surface area contributed by atoms with Crippen LogP contribution >= 0.6 is 0 Å². The molecular weight excluding hydrogens is 252 g/mol. The Hall–Kier alpha value is -1.55. The number of carbonyl (C=O) groups excluding carboxylic acids is 1. The van der Waals surface area contributed by atoms with Gasteiger partial charge in [0, 0.05) is 12.2 Å². The van der Waals surface area contributed by atoms with Crippen molar-refractivity contribution in [1.29, 1.82) is 0 Å². The Morgan fingerprint density at radius 1 is 1.35 bits per heavy atom. The first-order valence-corrected chi connectivity index (χ1v) is 7.43. The number of benzene rings is 1. The predicted molar refractivity (Wildman–Crippen MR) is 81.0 cm³/mol. The standard InChI is InChI=1S/C16H24N2O2/c1-3-8-20-15-6-4-14(5-7-15)18-16(19)13-9-12(2)10-17-11-13/h4-7,12-13,17H,3,8-11H2,1-2H3,(H,18,19). The van der Waals surface area contributed by atoms with Crippen molar-refractivity contribution < 1.29 is 9.53 Å². The van der Waals surface area contributed by atoms with E-state index in [1.54, 1.807) is 0 Å². The lowest BCUT2D eigenvalue weighted by molar-refractivity contribution is -0.120. The zero-order valence-electron chi connectivity index (χ0n) is 12.3. The summed E-state index contributed by atoms with van der Waals surface area (Å²) in [6.45, 7) is 6.75. The second-order valence-corrected chi connectivity index (χ2v) is 5.56. The fourth-order valence-corrected chi connectivity index (χ4v) is 2.45. The first kappa shape index (κ1) is 14.9. The van der Waals surface area contributed by atoms with Gasteiger partial charge in [-0.05, 0) is 49.6 Å². The van der Waals surface area contributed by atoms with Crippen LogP contribution in [0, 0.1) is 11.8 Å². The minimum absolute atomic E-state index is 0.0646. The van der Waals surface area contributed by atoms with E-state index in [0.29, 0.717) is 5.92 Å². The van der Waals surface area contributed by atoms with Gasteiger partial charge in [0.05, 0.1) is 12.5 Å². The zero-order chi connectivity index (χ0) is 14.4. The molecule has 20 heavy (non-hydrogen) atoms. The third-order valence-corrected chi connectivity index (χ3v) is 3.54. The molecule has 1 aromatic carbocycles.